The van der Waals surface area contributed by atoms with Crippen LogP contribution in [0.1, 0.15) is 17.0 Å². The van der Waals surface area contributed by atoms with Crippen LogP contribution in [0.4, 0.5) is 5.69 Å². The molecule has 2 aromatic carbocycles. The second-order valence-electron chi connectivity index (χ2n) is 6.61. The standard InChI is InChI=1S/C22H18BrN3O2/c1-14-12-16(15(2)25(14)18-10-8-17(23)9-11-18)13-20-21(27)24-26(22(20)28)19-6-4-3-5-7-19/h3-13H,1-2H3,(H,24,27)/b20-13+. The highest BCUT2D eigenvalue weighted by molar-refractivity contribution is 9.10. The normalized spacial score (nSPS) is 15.4. The number of rotatable bonds is 3. The number of hydrazine groups is 1. The molecule has 2 heterocycles. The van der Waals surface area contributed by atoms with Crippen molar-refractivity contribution in [2.45, 2.75) is 13.8 Å². The summed E-state index contributed by atoms with van der Waals surface area (Å²) in [5, 5.41) is 1.28. The van der Waals surface area contributed by atoms with E-state index in [4.69, 9.17) is 0 Å². The minimum absolute atomic E-state index is 0.125. The van der Waals surface area contributed by atoms with Gasteiger partial charge in [-0.2, -0.15) is 0 Å². The van der Waals surface area contributed by atoms with Crippen LogP contribution in [0.15, 0.2) is 70.7 Å². The zero-order valence-corrected chi connectivity index (χ0v) is 17.0. The molecule has 2 amide bonds. The van der Waals surface area contributed by atoms with Crippen molar-refractivity contribution in [3.05, 3.63) is 87.7 Å². The van der Waals surface area contributed by atoms with Crippen LogP contribution in [0, 0.1) is 13.8 Å². The molecular weight excluding hydrogens is 418 g/mol. The Labute approximate surface area is 171 Å². The van der Waals surface area contributed by atoms with E-state index in [2.05, 4.69) is 25.9 Å². The predicted molar refractivity (Wildman–Crippen MR) is 113 cm³/mol. The molecule has 28 heavy (non-hydrogen) atoms. The number of hydrogen-bond acceptors (Lipinski definition) is 2. The largest absolute Gasteiger partial charge is 0.318 e. The van der Waals surface area contributed by atoms with E-state index >= 15 is 0 Å². The van der Waals surface area contributed by atoms with Crippen molar-refractivity contribution < 1.29 is 9.59 Å². The summed E-state index contributed by atoms with van der Waals surface area (Å²) in [6.07, 6.45) is 1.66. The Kier molecular flexibility index (Phi) is 4.65. The lowest BCUT2D eigenvalue weighted by Gasteiger charge is -2.13. The third kappa shape index (κ3) is 3.16. The zero-order chi connectivity index (χ0) is 19.8. The molecule has 1 N–H and O–H groups in total. The van der Waals surface area contributed by atoms with Crippen LogP contribution in [0.5, 0.6) is 0 Å². The Balaban J connectivity index is 1.71. The Morgan fingerprint density at radius 2 is 1.61 bits per heavy atom. The van der Waals surface area contributed by atoms with Gasteiger partial charge in [0.05, 0.1) is 5.69 Å². The molecule has 140 valence electrons. The van der Waals surface area contributed by atoms with E-state index < -0.39 is 5.91 Å². The van der Waals surface area contributed by atoms with Crippen LogP contribution in [0.25, 0.3) is 11.8 Å². The fourth-order valence-electron chi connectivity index (χ4n) is 3.39. The van der Waals surface area contributed by atoms with Crippen LogP contribution >= 0.6 is 15.9 Å². The average Bonchev–Trinajstić information content (AvgIpc) is 3.13. The number of nitrogens with zero attached hydrogens (tertiary/aromatic N) is 2. The van der Waals surface area contributed by atoms with Crippen LogP contribution in [0.2, 0.25) is 0 Å². The first-order valence-corrected chi connectivity index (χ1v) is 9.62. The first-order chi connectivity index (χ1) is 13.5. The van der Waals surface area contributed by atoms with Gasteiger partial charge >= 0.3 is 0 Å². The molecule has 4 rings (SSSR count). The van der Waals surface area contributed by atoms with Crippen molar-refractivity contribution in [1.29, 1.82) is 0 Å². The molecule has 0 radical (unpaired) electrons. The van der Waals surface area contributed by atoms with E-state index in [9.17, 15) is 9.59 Å². The summed E-state index contributed by atoms with van der Waals surface area (Å²) in [5.41, 5.74) is 7.24. The maximum Gasteiger partial charge on any atom is 0.282 e. The van der Waals surface area contributed by atoms with Crippen LogP contribution in [0.3, 0.4) is 0 Å². The molecule has 6 heteroatoms. The number of hydrogen-bond donors (Lipinski definition) is 1. The summed E-state index contributed by atoms with van der Waals surface area (Å²) in [6, 6.07) is 19.1. The quantitative estimate of drug-likeness (QED) is 0.491. The molecule has 1 aliphatic rings. The predicted octanol–water partition coefficient (Wildman–Crippen LogP) is 4.32. The Hall–Kier alpha value is -3.12. The van der Waals surface area contributed by atoms with Crippen LogP contribution in [-0.2, 0) is 9.59 Å². The monoisotopic (exact) mass is 435 g/mol. The third-order valence-corrected chi connectivity index (χ3v) is 5.29. The first-order valence-electron chi connectivity index (χ1n) is 8.83. The van der Waals surface area contributed by atoms with Crippen molar-refractivity contribution in [3.8, 4) is 5.69 Å². The van der Waals surface area contributed by atoms with Crippen molar-refractivity contribution in [1.82, 2.24) is 9.99 Å². The van der Waals surface area contributed by atoms with E-state index in [0.29, 0.717) is 5.69 Å². The van der Waals surface area contributed by atoms with E-state index in [1.165, 1.54) is 5.01 Å². The second kappa shape index (κ2) is 7.13. The van der Waals surface area contributed by atoms with Crippen molar-refractivity contribution in [2.75, 3.05) is 5.01 Å². The maximum atomic E-state index is 12.8. The smallest absolute Gasteiger partial charge is 0.282 e. The van der Waals surface area contributed by atoms with Crippen molar-refractivity contribution in [3.63, 3.8) is 0 Å². The van der Waals surface area contributed by atoms with Crippen LogP contribution in [-0.4, -0.2) is 16.4 Å². The van der Waals surface area contributed by atoms with Gasteiger partial charge in [0, 0.05) is 21.5 Å². The summed E-state index contributed by atoms with van der Waals surface area (Å²) in [6.45, 7) is 3.98. The Bertz CT molecular complexity index is 1100. The number of aryl methyl sites for hydroxylation is 1. The molecule has 0 spiro atoms. The highest BCUT2D eigenvalue weighted by atomic mass is 79.9. The fourth-order valence-corrected chi connectivity index (χ4v) is 3.66. The number of carbonyl (C=O) groups excluding carboxylic acids is 2. The van der Waals surface area contributed by atoms with E-state index in [1.54, 1.807) is 18.2 Å². The molecule has 5 nitrogen and oxygen atoms in total. The van der Waals surface area contributed by atoms with E-state index in [-0.39, 0.29) is 11.5 Å². The number of benzene rings is 2. The number of nitrogens with one attached hydrogen (secondary N) is 1. The topological polar surface area (TPSA) is 54.3 Å². The molecule has 1 aromatic heterocycles. The average molecular weight is 436 g/mol. The van der Waals surface area contributed by atoms with Gasteiger partial charge < -0.3 is 4.57 Å². The molecule has 0 aliphatic carbocycles. The van der Waals surface area contributed by atoms with Crippen molar-refractivity contribution >= 4 is 39.5 Å². The molecule has 3 aromatic rings. The summed E-state index contributed by atoms with van der Waals surface area (Å²) < 4.78 is 3.11. The minimum atomic E-state index is -0.401. The van der Waals surface area contributed by atoms with Gasteiger partial charge in [0.25, 0.3) is 11.8 Å². The van der Waals surface area contributed by atoms with Gasteiger partial charge in [0.15, 0.2) is 0 Å². The summed E-state index contributed by atoms with van der Waals surface area (Å²) in [5.74, 6) is -0.757. The molecule has 0 saturated carbocycles. The number of amides is 2. The highest BCUT2D eigenvalue weighted by Crippen LogP contribution is 2.26. The lowest BCUT2D eigenvalue weighted by atomic mass is 10.1. The van der Waals surface area contributed by atoms with Crippen LogP contribution < -0.4 is 10.4 Å². The molecule has 1 saturated heterocycles. The number of carbonyl (C=O) groups is 2. The molecule has 0 bridgehead atoms. The molecule has 1 fully saturated rings. The molecule has 1 aliphatic heterocycles. The maximum absolute atomic E-state index is 12.8. The summed E-state index contributed by atoms with van der Waals surface area (Å²) in [4.78, 5) is 25.2. The molecular formula is C22H18BrN3O2. The fraction of sp³-hybridized carbons (Fsp3) is 0.0909. The van der Waals surface area contributed by atoms with Gasteiger partial charge in [-0.1, -0.05) is 34.1 Å². The number of para-hydroxylation sites is 1. The van der Waals surface area contributed by atoms with E-state index in [0.717, 1.165) is 27.1 Å². The van der Waals surface area contributed by atoms with Gasteiger partial charge in [-0.3, -0.25) is 15.0 Å². The molecule has 0 unspecified atom stereocenters. The Morgan fingerprint density at radius 1 is 0.929 bits per heavy atom. The number of aromatic nitrogens is 1. The lowest BCUT2D eigenvalue weighted by molar-refractivity contribution is -0.117. The third-order valence-electron chi connectivity index (χ3n) is 4.76. The van der Waals surface area contributed by atoms with Gasteiger partial charge in [-0.15, -0.1) is 0 Å². The highest BCUT2D eigenvalue weighted by Gasteiger charge is 2.34. The van der Waals surface area contributed by atoms with Gasteiger partial charge in [-0.05, 0) is 68.0 Å². The molecule has 0 atom stereocenters. The first kappa shape index (κ1) is 18.3. The second-order valence-corrected chi connectivity index (χ2v) is 7.53. The Morgan fingerprint density at radius 3 is 2.29 bits per heavy atom. The lowest BCUT2D eigenvalue weighted by Crippen LogP contribution is -2.35. The van der Waals surface area contributed by atoms with Gasteiger partial charge in [0.1, 0.15) is 5.57 Å². The number of halogens is 1. The summed E-state index contributed by atoms with van der Waals surface area (Å²) in [7, 11) is 0. The van der Waals surface area contributed by atoms with Crippen molar-refractivity contribution in [2.24, 2.45) is 0 Å². The SMILES string of the molecule is Cc1cc(/C=C2\C(=O)NN(c3ccccc3)C2=O)c(C)n1-c1ccc(Br)cc1. The zero-order valence-electron chi connectivity index (χ0n) is 15.4. The van der Waals surface area contributed by atoms with Gasteiger partial charge in [-0.25, -0.2) is 5.01 Å². The van der Waals surface area contributed by atoms with Gasteiger partial charge in [0.2, 0.25) is 0 Å². The minimum Gasteiger partial charge on any atom is -0.318 e. The number of anilines is 1. The summed E-state index contributed by atoms with van der Waals surface area (Å²) >= 11 is 3.45. The van der Waals surface area contributed by atoms with E-state index in [1.807, 2.05) is 62.4 Å².